The molecular formula is C17H15ClN6O2. The van der Waals surface area contributed by atoms with Crippen molar-refractivity contribution < 1.29 is 9.59 Å². The highest BCUT2D eigenvalue weighted by atomic mass is 35.5. The highest BCUT2D eigenvalue weighted by Gasteiger charge is 2.11. The number of aromatic nitrogens is 4. The van der Waals surface area contributed by atoms with Crippen LogP contribution >= 0.6 is 11.6 Å². The molecule has 132 valence electrons. The van der Waals surface area contributed by atoms with Crippen LogP contribution in [0.5, 0.6) is 0 Å². The summed E-state index contributed by atoms with van der Waals surface area (Å²) >= 11 is 6.00. The maximum absolute atomic E-state index is 11.9. The largest absolute Gasteiger partial charge is 0.273 e. The van der Waals surface area contributed by atoms with Crippen LogP contribution in [0, 0.1) is 0 Å². The lowest BCUT2D eigenvalue weighted by Gasteiger charge is -2.07. The van der Waals surface area contributed by atoms with E-state index in [1.54, 1.807) is 24.3 Å². The van der Waals surface area contributed by atoms with Gasteiger partial charge in [-0.05, 0) is 16.8 Å². The number of hydrazine groups is 1. The van der Waals surface area contributed by atoms with Gasteiger partial charge in [0.15, 0.2) is 0 Å². The van der Waals surface area contributed by atoms with E-state index >= 15 is 0 Å². The molecule has 0 radical (unpaired) electrons. The molecule has 3 rings (SSSR count). The number of nitrogens with zero attached hydrogens (tertiary/aromatic N) is 4. The molecule has 0 aliphatic heterocycles. The van der Waals surface area contributed by atoms with Gasteiger partial charge >= 0.3 is 0 Å². The first-order valence-corrected chi connectivity index (χ1v) is 8.14. The molecule has 2 aromatic carbocycles. The normalized spacial score (nSPS) is 10.3. The second-order valence-electron chi connectivity index (χ2n) is 5.37. The number of carbonyl (C=O) groups is 2. The third-order valence-corrected chi connectivity index (χ3v) is 3.79. The minimum Gasteiger partial charge on any atom is -0.273 e. The van der Waals surface area contributed by atoms with Gasteiger partial charge in [-0.1, -0.05) is 60.1 Å². The van der Waals surface area contributed by atoms with Crippen molar-refractivity contribution in [3.8, 4) is 11.4 Å². The van der Waals surface area contributed by atoms with Crippen LogP contribution in [0.25, 0.3) is 11.4 Å². The average molecular weight is 371 g/mol. The number of carbonyl (C=O) groups excluding carboxylic acids is 2. The molecule has 0 unspecified atom stereocenters. The monoisotopic (exact) mass is 370 g/mol. The molecule has 8 nitrogen and oxygen atoms in total. The van der Waals surface area contributed by atoms with Crippen LogP contribution in [0.15, 0.2) is 54.6 Å². The number of benzene rings is 2. The molecule has 0 saturated heterocycles. The summed E-state index contributed by atoms with van der Waals surface area (Å²) in [6, 6.07) is 16.3. The van der Waals surface area contributed by atoms with Crippen molar-refractivity contribution in [2.45, 2.75) is 13.0 Å². The van der Waals surface area contributed by atoms with Crippen LogP contribution in [0.3, 0.4) is 0 Å². The van der Waals surface area contributed by atoms with Gasteiger partial charge in [0.25, 0.3) is 5.91 Å². The van der Waals surface area contributed by atoms with Crippen molar-refractivity contribution in [2.24, 2.45) is 0 Å². The standard InChI is InChI=1S/C17H15ClN6O2/c18-14-9-5-4-8-13(14)10-15(25)19-20-16(26)11-24-22-17(21-23-24)12-6-2-1-3-7-12/h1-9H,10-11H2,(H,19,25)(H,20,26). The van der Waals surface area contributed by atoms with E-state index in [2.05, 4.69) is 26.3 Å². The first-order chi connectivity index (χ1) is 12.6. The zero-order valence-electron chi connectivity index (χ0n) is 13.6. The van der Waals surface area contributed by atoms with Crippen molar-refractivity contribution in [1.82, 2.24) is 31.1 Å². The Morgan fingerprint density at radius 2 is 1.65 bits per heavy atom. The van der Waals surface area contributed by atoms with Gasteiger partial charge in [-0.15, -0.1) is 10.2 Å². The molecule has 0 fully saturated rings. The van der Waals surface area contributed by atoms with Crippen LogP contribution in [-0.2, 0) is 22.6 Å². The van der Waals surface area contributed by atoms with E-state index in [0.29, 0.717) is 16.4 Å². The minimum atomic E-state index is -0.477. The maximum atomic E-state index is 11.9. The predicted octanol–water partition coefficient (Wildman–Crippen LogP) is 1.38. The number of tetrazole rings is 1. The molecular weight excluding hydrogens is 356 g/mol. The molecule has 0 atom stereocenters. The molecule has 26 heavy (non-hydrogen) atoms. The summed E-state index contributed by atoms with van der Waals surface area (Å²) in [6.45, 7) is -0.174. The van der Waals surface area contributed by atoms with Gasteiger partial charge in [-0.2, -0.15) is 4.80 Å². The van der Waals surface area contributed by atoms with Gasteiger partial charge in [0.2, 0.25) is 11.7 Å². The first kappa shape index (κ1) is 17.6. The summed E-state index contributed by atoms with van der Waals surface area (Å²) < 4.78 is 0. The summed E-state index contributed by atoms with van der Waals surface area (Å²) in [5, 5.41) is 12.3. The summed E-state index contributed by atoms with van der Waals surface area (Å²) in [5.41, 5.74) is 6.11. The maximum Gasteiger partial charge on any atom is 0.262 e. The van der Waals surface area contributed by atoms with Crippen LogP contribution in [-0.4, -0.2) is 32.0 Å². The van der Waals surface area contributed by atoms with Crippen LogP contribution < -0.4 is 10.9 Å². The molecule has 0 bridgehead atoms. The van der Waals surface area contributed by atoms with Gasteiger partial charge in [0, 0.05) is 10.6 Å². The molecule has 0 aliphatic carbocycles. The molecule has 0 aliphatic rings. The Hall–Kier alpha value is -3.26. The van der Waals surface area contributed by atoms with Crippen LogP contribution in [0.4, 0.5) is 0 Å². The zero-order valence-corrected chi connectivity index (χ0v) is 14.3. The second kappa shape index (κ2) is 8.21. The van der Waals surface area contributed by atoms with Crippen LogP contribution in [0.1, 0.15) is 5.56 Å². The van der Waals surface area contributed by atoms with Crippen molar-refractivity contribution in [3.63, 3.8) is 0 Å². The fraction of sp³-hybridized carbons (Fsp3) is 0.118. The fourth-order valence-electron chi connectivity index (χ4n) is 2.18. The number of amides is 2. The number of rotatable bonds is 5. The van der Waals surface area contributed by atoms with E-state index in [0.717, 1.165) is 10.4 Å². The third kappa shape index (κ3) is 4.64. The Balaban J connectivity index is 1.49. The van der Waals surface area contributed by atoms with E-state index in [4.69, 9.17) is 11.6 Å². The number of halogens is 1. The van der Waals surface area contributed by atoms with Crippen molar-refractivity contribution >= 4 is 23.4 Å². The zero-order chi connectivity index (χ0) is 18.4. The molecule has 0 spiro atoms. The lowest BCUT2D eigenvalue weighted by molar-refractivity contribution is -0.129. The van der Waals surface area contributed by atoms with E-state index in [1.807, 2.05) is 30.3 Å². The summed E-state index contributed by atoms with van der Waals surface area (Å²) in [5.74, 6) is -0.446. The summed E-state index contributed by atoms with van der Waals surface area (Å²) in [4.78, 5) is 24.9. The Labute approximate surface area is 154 Å². The number of nitrogens with one attached hydrogen (secondary N) is 2. The molecule has 1 aromatic heterocycles. The van der Waals surface area contributed by atoms with E-state index in [9.17, 15) is 9.59 Å². The summed E-state index contributed by atoms with van der Waals surface area (Å²) in [7, 11) is 0. The van der Waals surface area contributed by atoms with Gasteiger partial charge in [0.05, 0.1) is 6.42 Å². The van der Waals surface area contributed by atoms with Gasteiger partial charge < -0.3 is 0 Å². The summed E-state index contributed by atoms with van der Waals surface area (Å²) in [6.07, 6.45) is 0.0552. The van der Waals surface area contributed by atoms with Crippen molar-refractivity contribution in [3.05, 3.63) is 65.2 Å². The van der Waals surface area contributed by atoms with E-state index in [1.165, 1.54) is 0 Å². The number of hydrogen-bond acceptors (Lipinski definition) is 5. The first-order valence-electron chi connectivity index (χ1n) is 7.76. The van der Waals surface area contributed by atoms with Gasteiger partial charge in [-0.3, -0.25) is 20.4 Å². The molecule has 2 N–H and O–H groups in total. The fourth-order valence-corrected chi connectivity index (χ4v) is 2.38. The Morgan fingerprint density at radius 1 is 0.962 bits per heavy atom. The lowest BCUT2D eigenvalue weighted by Crippen LogP contribution is -2.44. The number of hydrogen-bond donors (Lipinski definition) is 2. The van der Waals surface area contributed by atoms with Gasteiger partial charge in [-0.25, -0.2) is 0 Å². The SMILES string of the molecule is O=C(Cc1ccccc1Cl)NNC(=O)Cn1nnc(-c2ccccc2)n1. The molecule has 3 aromatic rings. The highest BCUT2D eigenvalue weighted by Crippen LogP contribution is 2.15. The highest BCUT2D eigenvalue weighted by molar-refractivity contribution is 6.31. The smallest absolute Gasteiger partial charge is 0.262 e. The van der Waals surface area contributed by atoms with E-state index < -0.39 is 5.91 Å². The van der Waals surface area contributed by atoms with E-state index in [-0.39, 0.29) is 18.9 Å². The quantitative estimate of drug-likeness (QED) is 0.661. The Bertz CT molecular complexity index is 912. The molecule has 2 amide bonds. The third-order valence-electron chi connectivity index (χ3n) is 3.42. The molecule has 1 heterocycles. The molecule has 9 heteroatoms. The van der Waals surface area contributed by atoms with Gasteiger partial charge in [0.1, 0.15) is 6.54 Å². The topological polar surface area (TPSA) is 102 Å². The Morgan fingerprint density at radius 3 is 2.42 bits per heavy atom. The molecule has 0 saturated carbocycles. The second-order valence-corrected chi connectivity index (χ2v) is 5.78. The Kier molecular flexibility index (Phi) is 5.55. The van der Waals surface area contributed by atoms with Crippen molar-refractivity contribution in [1.29, 1.82) is 0 Å². The lowest BCUT2D eigenvalue weighted by atomic mass is 10.1. The minimum absolute atomic E-state index is 0.0552. The predicted molar refractivity (Wildman–Crippen MR) is 94.7 cm³/mol. The average Bonchev–Trinajstić information content (AvgIpc) is 3.11. The van der Waals surface area contributed by atoms with Crippen LogP contribution in [0.2, 0.25) is 5.02 Å². The van der Waals surface area contributed by atoms with Crippen molar-refractivity contribution in [2.75, 3.05) is 0 Å².